The average molecular weight is 868 g/mol. The number of nitrogens with one attached hydrogen (secondary N) is 4. The zero-order valence-corrected chi connectivity index (χ0v) is 34.7. The molecule has 16 nitrogen and oxygen atoms in total. The van der Waals surface area contributed by atoms with Gasteiger partial charge in [-0.3, -0.25) is 28.8 Å². The predicted molar refractivity (Wildman–Crippen MR) is 232 cm³/mol. The molecule has 0 unspecified atom stereocenters. The van der Waals surface area contributed by atoms with Crippen LogP contribution in [0.3, 0.4) is 0 Å². The van der Waals surface area contributed by atoms with Crippen molar-refractivity contribution in [3.8, 4) is 39.3 Å². The van der Waals surface area contributed by atoms with Crippen LogP contribution in [0.1, 0.15) is 47.1 Å². The first-order chi connectivity index (χ1) is 29.4. The number of hydrogen-bond acceptors (Lipinski definition) is 10. The summed E-state index contributed by atoms with van der Waals surface area (Å²) in [6.07, 6.45) is 6.74. The quantitative estimate of drug-likeness (QED) is 0.0708. The van der Waals surface area contributed by atoms with Gasteiger partial charge in [-0.2, -0.15) is 5.10 Å². The number of aromatic amines is 1. The lowest BCUT2D eigenvalue weighted by Gasteiger charge is -2.26. The van der Waals surface area contributed by atoms with Crippen LogP contribution >= 0.6 is 23.2 Å². The molecule has 0 saturated carbocycles. The average Bonchev–Trinajstić information content (AvgIpc) is 3.89. The number of carbonyl (C=O) groups excluding carboxylic acids is 4. The third-order valence-corrected chi connectivity index (χ3v) is 11.3. The predicted octanol–water partition coefficient (Wildman–Crippen LogP) is 4.63. The molecule has 0 fully saturated rings. The van der Waals surface area contributed by atoms with Crippen molar-refractivity contribution in [2.75, 3.05) is 38.5 Å². The largest absolute Gasteiger partial charge is 0.508 e. The van der Waals surface area contributed by atoms with E-state index in [1.165, 1.54) is 4.68 Å². The van der Waals surface area contributed by atoms with Crippen molar-refractivity contribution in [3.05, 3.63) is 99.7 Å². The Morgan fingerprint density at radius 1 is 0.918 bits per heavy atom. The van der Waals surface area contributed by atoms with E-state index in [1.54, 1.807) is 72.0 Å². The number of phenolic OH excluding ortho intramolecular Hbond substituents is 1. The maximum Gasteiger partial charge on any atom is 0.269 e. The van der Waals surface area contributed by atoms with Crippen molar-refractivity contribution < 1.29 is 29.4 Å². The molecule has 0 atom stereocenters. The molecule has 1 aliphatic heterocycles. The lowest BCUT2D eigenvalue weighted by atomic mass is 9.92. The van der Waals surface area contributed by atoms with Crippen LogP contribution in [0.5, 0.6) is 5.75 Å². The fraction of sp³-hybridized carbons (Fsp3) is 0.279. The maximum absolute atomic E-state index is 12.8. The van der Waals surface area contributed by atoms with Gasteiger partial charge in [0.15, 0.2) is 0 Å². The van der Waals surface area contributed by atoms with Crippen LogP contribution in [-0.4, -0.2) is 96.3 Å². The number of nitrogens with zero attached hydrogens (tertiary/aromatic N) is 5. The number of halogens is 2. The molecule has 5 heterocycles. The fourth-order valence-electron chi connectivity index (χ4n) is 7.48. The van der Waals surface area contributed by atoms with Crippen molar-refractivity contribution in [3.63, 3.8) is 0 Å². The molecule has 0 bridgehead atoms. The summed E-state index contributed by atoms with van der Waals surface area (Å²) < 4.78 is 1.51. The van der Waals surface area contributed by atoms with E-state index >= 15 is 0 Å². The number of aromatic nitrogens is 5. The van der Waals surface area contributed by atoms with Crippen molar-refractivity contribution in [1.82, 2.24) is 45.6 Å². The minimum absolute atomic E-state index is 0.0432. The second-order valence-corrected chi connectivity index (χ2v) is 15.3. The van der Waals surface area contributed by atoms with Gasteiger partial charge in [0.25, 0.3) is 5.91 Å². The molecule has 7 rings (SSSR count). The Bertz CT molecular complexity index is 2610. The molecule has 2 aromatic carbocycles. The number of pyridine rings is 2. The summed E-state index contributed by atoms with van der Waals surface area (Å²) in [7, 11) is 0. The van der Waals surface area contributed by atoms with Gasteiger partial charge in [0.2, 0.25) is 17.7 Å². The highest BCUT2D eigenvalue weighted by atomic mass is 35.5. The van der Waals surface area contributed by atoms with E-state index in [0.717, 1.165) is 44.5 Å². The molecule has 4 amide bonds. The highest BCUT2D eigenvalue weighted by Gasteiger charge is 2.27. The Labute approximate surface area is 360 Å². The lowest BCUT2D eigenvalue weighted by molar-refractivity contribution is -0.135. The number of aromatic hydroxyl groups is 1. The van der Waals surface area contributed by atoms with Crippen molar-refractivity contribution in [2.24, 2.45) is 0 Å². The number of fused-ring (bicyclic) bond motifs is 3. The van der Waals surface area contributed by atoms with E-state index < -0.39 is 12.5 Å². The molecule has 1 aliphatic rings. The Kier molecular flexibility index (Phi) is 13.2. The number of anilines is 1. The monoisotopic (exact) mass is 866 g/mol. The molecule has 18 heteroatoms. The summed E-state index contributed by atoms with van der Waals surface area (Å²) >= 11 is 13.1. The SMILES string of the molecule is CCc1c(-c2ccc(C(=O)NCCC(=O)NCCCNC(=O)Cn3ccc(-c4cc(Cl)c(Cl)c5[nH]c6c(c45)CN(C(=O)CO)CC6)n3)nc2)cnc(N)c1-c1ccc(O)cc1. The van der Waals surface area contributed by atoms with Crippen LogP contribution in [0.15, 0.2) is 67.1 Å². The summed E-state index contributed by atoms with van der Waals surface area (Å²) in [4.78, 5) is 64.0. The molecule has 61 heavy (non-hydrogen) atoms. The first-order valence-electron chi connectivity index (χ1n) is 19.7. The Morgan fingerprint density at radius 3 is 2.39 bits per heavy atom. The number of H-pyrrole nitrogens is 1. The molecule has 0 spiro atoms. The van der Waals surface area contributed by atoms with E-state index in [2.05, 4.69) is 36.0 Å². The molecule has 4 aromatic heterocycles. The maximum atomic E-state index is 12.8. The number of carbonyl (C=O) groups is 4. The van der Waals surface area contributed by atoms with Crippen molar-refractivity contribution >= 4 is 63.6 Å². The smallest absolute Gasteiger partial charge is 0.269 e. The van der Waals surface area contributed by atoms with Crippen LogP contribution in [0.2, 0.25) is 10.0 Å². The highest BCUT2D eigenvalue weighted by Crippen LogP contribution is 2.42. The van der Waals surface area contributed by atoms with E-state index in [1.807, 2.05) is 6.92 Å². The summed E-state index contributed by atoms with van der Waals surface area (Å²) in [5, 5.41) is 33.6. The van der Waals surface area contributed by atoms with Gasteiger partial charge in [0, 0.05) is 103 Å². The molecule has 6 aromatic rings. The summed E-state index contributed by atoms with van der Waals surface area (Å²) in [5.74, 6) is -0.771. The van der Waals surface area contributed by atoms with E-state index in [4.69, 9.17) is 28.9 Å². The minimum Gasteiger partial charge on any atom is -0.508 e. The number of aliphatic hydroxyl groups is 1. The molecule has 0 radical (unpaired) electrons. The number of nitrogen functional groups attached to an aromatic ring is 1. The molecule has 0 aliphatic carbocycles. The van der Waals surface area contributed by atoms with Gasteiger partial charge in [-0.15, -0.1) is 0 Å². The van der Waals surface area contributed by atoms with E-state index in [9.17, 15) is 29.4 Å². The second kappa shape index (κ2) is 18.8. The van der Waals surface area contributed by atoms with Gasteiger partial charge in [-0.25, -0.2) is 4.98 Å². The first kappa shape index (κ1) is 42.6. The summed E-state index contributed by atoms with van der Waals surface area (Å²) in [6.45, 7) is 2.91. The van der Waals surface area contributed by atoms with E-state index in [-0.39, 0.29) is 48.7 Å². The van der Waals surface area contributed by atoms with Crippen molar-refractivity contribution in [1.29, 1.82) is 0 Å². The second-order valence-electron chi connectivity index (χ2n) is 14.5. The summed E-state index contributed by atoms with van der Waals surface area (Å²) in [6, 6.07) is 13.7. The standard InChI is InChI=1S/C43H44Cl2N10O6/c1-2-27-29(20-51-42(46)38(27)24-4-7-26(57)8-5-24)25-6-9-34(50-19-25)43(61)49-15-10-35(58)47-13-3-14-48-36(59)22-55-17-12-33(53-55)28-18-31(44)40(45)41-39(28)30-21-54(37(60)23-56)16-11-32(30)52-41/h4-9,12,17-20,52,56-57H,2-3,10-11,13-16,21-23H2,1H3,(H2,46,51)(H,47,58)(H,48,59)(H,49,61). The molecular formula is C43H44Cl2N10O6. The fourth-order valence-corrected chi connectivity index (χ4v) is 7.88. The molecular weight excluding hydrogens is 823 g/mol. The van der Waals surface area contributed by atoms with Crippen LogP contribution in [-0.2, 0) is 40.3 Å². The third kappa shape index (κ3) is 9.46. The summed E-state index contributed by atoms with van der Waals surface area (Å²) in [5.41, 5.74) is 14.3. The van der Waals surface area contributed by atoms with Crippen LogP contribution in [0.25, 0.3) is 44.4 Å². The number of rotatable bonds is 15. The number of nitrogens with two attached hydrogens (primary N) is 1. The van der Waals surface area contributed by atoms with Crippen molar-refractivity contribution in [2.45, 2.75) is 45.7 Å². The van der Waals surface area contributed by atoms with Gasteiger partial charge >= 0.3 is 0 Å². The third-order valence-electron chi connectivity index (χ3n) is 10.5. The van der Waals surface area contributed by atoms with Gasteiger partial charge in [-0.1, -0.05) is 48.3 Å². The van der Waals surface area contributed by atoms with Gasteiger partial charge < -0.3 is 41.8 Å². The number of hydrogen-bond donors (Lipinski definition) is 7. The molecule has 0 saturated heterocycles. The lowest BCUT2D eigenvalue weighted by Crippen LogP contribution is -2.37. The zero-order chi connectivity index (χ0) is 43.2. The Hall–Kier alpha value is -6.49. The molecule has 8 N–H and O–H groups in total. The van der Waals surface area contributed by atoms with Gasteiger partial charge in [0.05, 0.1) is 21.3 Å². The molecule has 316 valence electrons. The first-order valence-corrected chi connectivity index (χ1v) is 20.5. The van der Waals surface area contributed by atoms with Gasteiger partial charge in [-0.05, 0) is 54.3 Å². The number of aliphatic hydroxyl groups excluding tert-OH is 1. The van der Waals surface area contributed by atoms with Crippen LogP contribution in [0, 0.1) is 0 Å². The number of amides is 4. The number of benzene rings is 2. The van der Waals surface area contributed by atoms with Crippen LogP contribution < -0.4 is 21.7 Å². The Balaban J connectivity index is 0.845. The Morgan fingerprint density at radius 2 is 1.67 bits per heavy atom. The van der Waals surface area contributed by atoms with Crippen LogP contribution in [0.4, 0.5) is 5.82 Å². The number of phenols is 1. The normalized spacial score (nSPS) is 12.3. The minimum atomic E-state index is -0.575. The zero-order valence-electron chi connectivity index (χ0n) is 33.2. The topological polar surface area (TPSA) is 233 Å². The highest BCUT2D eigenvalue weighted by molar-refractivity contribution is 6.45. The van der Waals surface area contributed by atoms with E-state index in [0.29, 0.717) is 78.1 Å². The van der Waals surface area contributed by atoms with Gasteiger partial charge in [0.1, 0.15) is 30.4 Å².